The lowest BCUT2D eigenvalue weighted by Crippen LogP contribution is -2.55. The van der Waals surface area contributed by atoms with Crippen LogP contribution in [0.2, 0.25) is 0 Å². The summed E-state index contributed by atoms with van der Waals surface area (Å²) in [6.07, 6.45) is 14.5. The Labute approximate surface area is 211 Å². The van der Waals surface area contributed by atoms with E-state index in [1.165, 1.54) is 64.2 Å². The molecule has 7 atom stereocenters. The summed E-state index contributed by atoms with van der Waals surface area (Å²) in [6, 6.07) is 0. The zero-order chi connectivity index (χ0) is 25.1. The lowest BCUT2D eigenvalue weighted by atomic mass is 9.43. The Bertz CT molecular complexity index is 821. The van der Waals surface area contributed by atoms with E-state index in [1.807, 2.05) is 11.1 Å². The number of carbonyl (C=O) groups is 1. The molecule has 194 valence electrons. The van der Waals surface area contributed by atoms with Gasteiger partial charge in [-0.25, -0.2) is 0 Å². The van der Waals surface area contributed by atoms with Crippen molar-refractivity contribution < 1.29 is 9.53 Å². The predicted molar refractivity (Wildman–Crippen MR) is 142 cm³/mol. The first-order valence-electron chi connectivity index (χ1n) is 14.7. The van der Waals surface area contributed by atoms with Crippen molar-refractivity contribution in [3.05, 3.63) is 11.1 Å². The maximum atomic E-state index is 11.8. The highest BCUT2D eigenvalue weighted by Crippen LogP contribution is 2.72. The third-order valence-electron chi connectivity index (χ3n) is 12.2. The molecule has 2 heteroatoms. The molecule has 0 aromatic rings. The summed E-state index contributed by atoms with van der Waals surface area (Å²) in [6.45, 7) is 21.6. The molecule has 0 spiro atoms. The van der Waals surface area contributed by atoms with Gasteiger partial charge in [-0.3, -0.25) is 4.79 Å². The van der Waals surface area contributed by atoms with E-state index in [0.717, 1.165) is 24.2 Å². The average Bonchev–Trinajstić information content (AvgIpc) is 3.01. The van der Waals surface area contributed by atoms with Gasteiger partial charge >= 0.3 is 5.97 Å². The Morgan fingerprint density at radius 3 is 2.26 bits per heavy atom. The van der Waals surface area contributed by atoms with Gasteiger partial charge in [0.25, 0.3) is 0 Å². The van der Waals surface area contributed by atoms with Crippen LogP contribution >= 0.6 is 0 Å². The molecule has 0 aliphatic heterocycles. The highest BCUT2D eigenvalue weighted by Gasteiger charge is 2.63. The third kappa shape index (κ3) is 3.92. The average molecular weight is 471 g/mol. The number of allylic oxidation sites excluding steroid dienone is 2. The van der Waals surface area contributed by atoms with Gasteiger partial charge in [-0.1, -0.05) is 85.8 Å². The van der Waals surface area contributed by atoms with Crippen LogP contribution in [0.1, 0.15) is 133 Å². The number of fused-ring (bicyclic) bond motifs is 4. The van der Waals surface area contributed by atoms with E-state index in [2.05, 4.69) is 55.4 Å². The third-order valence-corrected chi connectivity index (χ3v) is 12.2. The van der Waals surface area contributed by atoms with Crippen molar-refractivity contribution in [1.82, 2.24) is 0 Å². The summed E-state index contributed by atoms with van der Waals surface area (Å²) < 4.78 is 5.87. The van der Waals surface area contributed by atoms with Gasteiger partial charge in [0.05, 0.1) is 0 Å². The summed E-state index contributed by atoms with van der Waals surface area (Å²) in [5.74, 6) is 3.04. The van der Waals surface area contributed by atoms with E-state index in [1.54, 1.807) is 6.92 Å². The first kappa shape index (κ1) is 26.3. The molecule has 0 unspecified atom stereocenters. The van der Waals surface area contributed by atoms with Gasteiger partial charge in [-0.05, 0) is 91.3 Å². The maximum absolute atomic E-state index is 11.8. The Kier molecular flexibility index (Phi) is 6.92. The molecule has 0 amide bonds. The van der Waals surface area contributed by atoms with Gasteiger partial charge in [-0.15, -0.1) is 0 Å². The monoisotopic (exact) mass is 470 g/mol. The maximum Gasteiger partial charge on any atom is 0.302 e. The molecule has 0 radical (unpaired) electrons. The van der Waals surface area contributed by atoms with Crippen molar-refractivity contribution in [2.45, 2.75) is 139 Å². The number of esters is 1. The summed E-state index contributed by atoms with van der Waals surface area (Å²) in [4.78, 5) is 11.8. The fourth-order valence-corrected chi connectivity index (χ4v) is 10.1. The fourth-order valence-electron chi connectivity index (χ4n) is 10.1. The highest BCUT2D eigenvalue weighted by atomic mass is 16.5. The SMILES string of the molecule is CC(=O)O[C@H]1CC[C@]2(C)C3=C(CC[C@H]2C1(C)C)[C@@]1(C)CC[C@@H]([C@H](C)CCCC(C)C)[C@@]1(C)CC3. The molecule has 2 fully saturated rings. The number of rotatable bonds is 6. The highest BCUT2D eigenvalue weighted by molar-refractivity contribution is 5.66. The van der Waals surface area contributed by atoms with Gasteiger partial charge < -0.3 is 4.74 Å². The zero-order valence-electron chi connectivity index (χ0n) is 24.0. The Hall–Kier alpha value is -0.790. The van der Waals surface area contributed by atoms with Gasteiger partial charge in [0.1, 0.15) is 6.10 Å². The molecule has 0 N–H and O–H groups in total. The van der Waals surface area contributed by atoms with Crippen LogP contribution in [0.25, 0.3) is 0 Å². The Morgan fingerprint density at radius 1 is 0.912 bits per heavy atom. The molecule has 0 aromatic carbocycles. The summed E-state index contributed by atoms with van der Waals surface area (Å²) >= 11 is 0. The van der Waals surface area contributed by atoms with E-state index in [0.29, 0.717) is 16.7 Å². The van der Waals surface area contributed by atoms with Crippen LogP contribution in [-0.2, 0) is 9.53 Å². The lowest BCUT2D eigenvalue weighted by Gasteiger charge is -2.62. The molecule has 2 saturated carbocycles. The molecule has 0 bridgehead atoms. The lowest BCUT2D eigenvalue weighted by molar-refractivity contribution is -0.167. The van der Waals surface area contributed by atoms with Crippen molar-refractivity contribution in [3.63, 3.8) is 0 Å². The van der Waals surface area contributed by atoms with Crippen LogP contribution < -0.4 is 0 Å². The van der Waals surface area contributed by atoms with E-state index >= 15 is 0 Å². The van der Waals surface area contributed by atoms with Gasteiger partial charge in [0, 0.05) is 12.3 Å². The quantitative estimate of drug-likeness (QED) is 0.286. The van der Waals surface area contributed by atoms with E-state index in [4.69, 9.17) is 4.74 Å². The molecule has 0 saturated heterocycles. The first-order valence-corrected chi connectivity index (χ1v) is 14.7. The first-order chi connectivity index (χ1) is 15.8. The van der Waals surface area contributed by atoms with Crippen molar-refractivity contribution in [1.29, 1.82) is 0 Å². The standard InChI is InChI=1S/C32H54O2/c1-21(2)11-10-12-22(3)24-15-19-32(9)26-13-14-27-29(5,6)28(34-23(4)33)17-18-30(27,7)25(26)16-20-31(24,32)8/h21-22,24,27-28H,10-20H2,1-9H3/t22-,24+,27+,28+,30-,31-,32-/m1/s1. The van der Waals surface area contributed by atoms with Crippen LogP contribution in [0.15, 0.2) is 11.1 Å². The normalized spacial score (nSPS) is 42.1. The van der Waals surface area contributed by atoms with Gasteiger partial charge in [-0.2, -0.15) is 0 Å². The molecule has 0 aromatic heterocycles. The van der Waals surface area contributed by atoms with Gasteiger partial charge in [0.15, 0.2) is 0 Å². The summed E-state index contributed by atoms with van der Waals surface area (Å²) in [7, 11) is 0. The fraction of sp³-hybridized carbons (Fsp3) is 0.906. The minimum atomic E-state index is -0.113. The number of carbonyl (C=O) groups excluding carboxylic acids is 1. The molecule has 4 rings (SSSR count). The Balaban J connectivity index is 1.61. The topological polar surface area (TPSA) is 26.3 Å². The molecule has 4 aliphatic carbocycles. The van der Waals surface area contributed by atoms with Crippen molar-refractivity contribution in [2.75, 3.05) is 0 Å². The molecule has 2 nitrogen and oxygen atoms in total. The Morgan fingerprint density at radius 2 is 1.62 bits per heavy atom. The van der Waals surface area contributed by atoms with Crippen LogP contribution in [0.4, 0.5) is 0 Å². The van der Waals surface area contributed by atoms with Crippen molar-refractivity contribution in [2.24, 2.45) is 45.3 Å². The van der Waals surface area contributed by atoms with Crippen LogP contribution in [0, 0.1) is 45.3 Å². The minimum Gasteiger partial charge on any atom is -0.462 e. The van der Waals surface area contributed by atoms with Crippen molar-refractivity contribution >= 4 is 5.97 Å². The smallest absolute Gasteiger partial charge is 0.302 e. The van der Waals surface area contributed by atoms with Crippen LogP contribution in [0.5, 0.6) is 0 Å². The molecule has 34 heavy (non-hydrogen) atoms. The summed E-state index contributed by atoms with van der Waals surface area (Å²) in [5.41, 5.74) is 4.87. The minimum absolute atomic E-state index is 0.0436. The largest absolute Gasteiger partial charge is 0.462 e. The molecule has 0 heterocycles. The molecular weight excluding hydrogens is 416 g/mol. The second-order valence-electron chi connectivity index (χ2n) is 14.6. The number of ether oxygens (including phenoxy) is 1. The number of hydrogen-bond donors (Lipinski definition) is 0. The van der Waals surface area contributed by atoms with Crippen molar-refractivity contribution in [3.8, 4) is 0 Å². The van der Waals surface area contributed by atoms with Gasteiger partial charge in [0.2, 0.25) is 0 Å². The number of hydrogen-bond acceptors (Lipinski definition) is 2. The second kappa shape index (κ2) is 8.95. The predicted octanol–water partition coefficient (Wildman–Crippen LogP) is 9.13. The molecule has 4 aliphatic rings. The van der Waals surface area contributed by atoms with Crippen LogP contribution in [-0.4, -0.2) is 12.1 Å². The van der Waals surface area contributed by atoms with E-state index < -0.39 is 0 Å². The zero-order valence-corrected chi connectivity index (χ0v) is 24.0. The second-order valence-corrected chi connectivity index (χ2v) is 14.6. The molecular formula is C32H54O2. The summed E-state index contributed by atoms with van der Waals surface area (Å²) in [5, 5.41) is 0. The van der Waals surface area contributed by atoms with E-state index in [-0.39, 0.29) is 22.9 Å². The van der Waals surface area contributed by atoms with Crippen LogP contribution in [0.3, 0.4) is 0 Å². The van der Waals surface area contributed by atoms with E-state index in [9.17, 15) is 4.79 Å².